The van der Waals surface area contributed by atoms with E-state index in [9.17, 15) is 9.18 Å². The molecule has 1 saturated heterocycles. The van der Waals surface area contributed by atoms with E-state index in [4.69, 9.17) is 0 Å². The van der Waals surface area contributed by atoms with Crippen molar-refractivity contribution in [2.45, 2.75) is 38.8 Å². The van der Waals surface area contributed by atoms with Crippen LogP contribution in [0.15, 0.2) is 48.9 Å². The lowest BCUT2D eigenvalue weighted by molar-refractivity contribution is 0.190. The van der Waals surface area contributed by atoms with Crippen molar-refractivity contribution in [1.82, 2.24) is 20.2 Å². The zero-order valence-corrected chi connectivity index (χ0v) is 18.3. The van der Waals surface area contributed by atoms with Gasteiger partial charge in [0.1, 0.15) is 5.82 Å². The molecule has 162 valence electrons. The number of amides is 2. The van der Waals surface area contributed by atoms with Crippen LogP contribution in [0.5, 0.6) is 0 Å². The van der Waals surface area contributed by atoms with Crippen molar-refractivity contribution in [2.75, 3.05) is 18.4 Å². The number of carbonyl (C=O) groups is 1. The molecule has 0 spiro atoms. The molecule has 1 aliphatic heterocycles. The normalized spacial score (nSPS) is 15.0. The maximum absolute atomic E-state index is 13.7. The van der Waals surface area contributed by atoms with Gasteiger partial charge in [0.05, 0.1) is 0 Å². The van der Waals surface area contributed by atoms with Gasteiger partial charge >= 0.3 is 6.03 Å². The predicted octanol–water partition coefficient (Wildman–Crippen LogP) is 4.36. The van der Waals surface area contributed by atoms with Gasteiger partial charge in [0.2, 0.25) is 0 Å². The molecular formula is C23H26FN5OS. The monoisotopic (exact) mass is 439 g/mol. The summed E-state index contributed by atoms with van der Waals surface area (Å²) in [7, 11) is 0. The van der Waals surface area contributed by atoms with Crippen molar-refractivity contribution in [1.29, 1.82) is 0 Å². The van der Waals surface area contributed by atoms with E-state index in [1.54, 1.807) is 25.3 Å². The number of piperidine rings is 1. The Hall–Kier alpha value is -2.84. The Balaban J connectivity index is 1.22. The standard InChI is InChI=1S/C23H26FN5OS/c1-16-2-3-18(13-21(16)24)12-20-14-26-23(31-20)28-22(30)27-19-6-10-29(11-7-19)15-17-4-8-25-9-5-17/h2-5,8-9,13-14,19H,6-7,10-12,15H2,1H3,(H2,26,27,28,30). The van der Waals surface area contributed by atoms with Gasteiger partial charge in [-0.2, -0.15) is 0 Å². The number of hydrogen-bond acceptors (Lipinski definition) is 5. The Kier molecular flexibility index (Phi) is 6.89. The number of urea groups is 1. The van der Waals surface area contributed by atoms with Crippen LogP contribution < -0.4 is 10.6 Å². The van der Waals surface area contributed by atoms with Crippen LogP contribution in [-0.2, 0) is 13.0 Å². The number of aromatic nitrogens is 2. The van der Waals surface area contributed by atoms with Crippen molar-refractivity contribution in [2.24, 2.45) is 0 Å². The highest BCUT2D eigenvalue weighted by Crippen LogP contribution is 2.22. The molecule has 2 aromatic heterocycles. The average molecular weight is 440 g/mol. The molecule has 6 nitrogen and oxygen atoms in total. The number of nitrogens with one attached hydrogen (secondary N) is 2. The molecule has 2 N–H and O–H groups in total. The topological polar surface area (TPSA) is 70.2 Å². The third-order valence-corrected chi connectivity index (χ3v) is 6.38. The summed E-state index contributed by atoms with van der Waals surface area (Å²) in [5.74, 6) is -0.202. The zero-order chi connectivity index (χ0) is 21.6. The first-order chi connectivity index (χ1) is 15.0. The molecule has 3 aromatic rings. The summed E-state index contributed by atoms with van der Waals surface area (Å²) in [6.07, 6.45) is 7.79. The number of aryl methyl sites for hydroxylation is 1. The first-order valence-electron chi connectivity index (χ1n) is 10.4. The smallest absolute Gasteiger partial charge is 0.321 e. The van der Waals surface area contributed by atoms with Crippen LogP contribution in [0, 0.1) is 12.7 Å². The molecule has 0 aliphatic carbocycles. The highest BCUT2D eigenvalue weighted by Gasteiger charge is 2.21. The number of hydrogen-bond donors (Lipinski definition) is 2. The number of halogens is 1. The van der Waals surface area contributed by atoms with Gasteiger partial charge in [-0.25, -0.2) is 14.2 Å². The van der Waals surface area contributed by atoms with E-state index in [0.717, 1.165) is 42.9 Å². The summed E-state index contributed by atoms with van der Waals surface area (Å²) >= 11 is 1.41. The number of thiazole rings is 1. The number of pyridine rings is 1. The quantitative estimate of drug-likeness (QED) is 0.599. The van der Waals surface area contributed by atoms with Crippen molar-refractivity contribution in [3.63, 3.8) is 0 Å². The largest absolute Gasteiger partial charge is 0.335 e. The van der Waals surface area contributed by atoms with E-state index >= 15 is 0 Å². The summed E-state index contributed by atoms with van der Waals surface area (Å²) in [6.45, 7) is 4.55. The molecule has 0 atom stereocenters. The lowest BCUT2D eigenvalue weighted by atomic mass is 10.0. The molecule has 0 radical (unpaired) electrons. The van der Waals surface area contributed by atoms with E-state index in [1.165, 1.54) is 16.9 Å². The van der Waals surface area contributed by atoms with Crippen LogP contribution in [0.25, 0.3) is 0 Å². The summed E-state index contributed by atoms with van der Waals surface area (Å²) in [6, 6.07) is 9.25. The molecule has 31 heavy (non-hydrogen) atoms. The molecule has 3 heterocycles. The fraction of sp³-hybridized carbons (Fsp3) is 0.348. The fourth-order valence-corrected chi connectivity index (χ4v) is 4.54. The molecular weight excluding hydrogens is 413 g/mol. The van der Waals surface area contributed by atoms with Crippen molar-refractivity contribution in [3.8, 4) is 0 Å². The number of carbonyl (C=O) groups excluding carboxylic acids is 1. The van der Waals surface area contributed by atoms with Crippen LogP contribution in [0.3, 0.4) is 0 Å². The second kappa shape index (κ2) is 9.98. The van der Waals surface area contributed by atoms with Crippen LogP contribution in [0.1, 0.15) is 34.4 Å². The molecule has 0 bridgehead atoms. The molecule has 2 amide bonds. The predicted molar refractivity (Wildman–Crippen MR) is 121 cm³/mol. The van der Waals surface area contributed by atoms with Gasteiger partial charge in [-0.3, -0.25) is 15.2 Å². The van der Waals surface area contributed by atoms with Gasteiger partial charge in [-0.15, -0.1) is 11.3 Å². The molecule has 8 heteroatoms. The summed E-state index contributed by atoms with van der Waals surface area (Å²) in [4.78, 5) is 24.1. The lowest BCUT2D eigenvalue weighted by Crippen LogP contribution is -2.45. The zero-order valence-electron chi connectivity index (χ0n) is 17.5. The van der Waals surface area contributed by atoms with E-state index in [0.29, 0.717) is 17.1 Å². The van der Waals surface area contributed by atoms with Crippen LogP contribution in [-0.4, -0.2) is 40.0 Å². The minimum atomic E-state index is -0.227. The minimum absolute atomic E-state index is 0.156. The summed E-state index contributed by atoms with van der Waals surface area (Å²) in [5, 5.41) is 6.44. The van der Waals surface area contributed by atoms with E-state index in [-0.39, 0.29) is 17.9 Å². The van der Waals surface area contributed by atoms with E-state index in [1.807, 2.05) is 30.6 Å². The highest BCUT2D eigenvalue weighted by atomic mass is 32.1. The molecule has 4 rings (SSSR count). The van der Waals surface area contributed by atoms with Crippen molar-refractivity contribution >= 4 is 22.5 Å². The Bertz CT molecular complexity index is 1020. The van der Waals surface area contributed by atoms with Crippen molar-refractivity contribution in [3.05, 3.63) is 76.3 Å². The Labute approximate surface area is 185 Å². The number of benzene rings is 1. The van der Waals surface area contributed by atoms with Gasteiger partial charge in [0, 0.05) is 55.6 Å². The minimum Gasteiger partial charge on any atom is -0.335 e. The van der Waals surface area contributed by atoms with Gasteiger partial charge < -0.3 is 5.32 Å². The molecule has 1 fully saturated rings. The number of likely N-dealkylation sites (tertiary alicyclic amines) is 1. The van der Waals surface area contributed by atoms with Crippen molar-refractivity contribution < 1.29 is 9.18 Å². The Morgan fingerprint density at radius 1 is 1.19 bits per heavy atom. The van der Waals surface area contributed by atoms with E-state index < -0.39 is 0 Å². The second-order valence-electron chi connectivity index (χ2n) is 7.90. The van der Waals surface area contributed by atoms with E-state index in [2.05, 4.69) is 25.5 Å². The number of anilines is 1. The van der Waals surface area contributed by atoms with Crippen LogP contribution in [0.2, 0.25) is 0 Å². The van der Waals surface area contributed by atoms with Gasteiger partial charge in [-0.1, -0.05) is 12.1 Å². The lowest BCUT2D eigenvalue weighted by Gasteiger charge is -2.32. The summed E-state index contributed by atoms with van der Waals surface area (Å²) < 4.78 is 13.7. The maximum Gasteiger partial charge on any atom is 0.321 e. The fourth-order valence-electron chi connectivity index (χ4n) is 3.69. The van der Waals surface area contributed by atoms with Crippen LogP contribution >= 0.6 is 11.3 Å². The van der Waals surface area contributed by atoms with Gasteiger partial charge in [0.25, 0.3) is 0 Å². The average Bonchev–Trinajstić information content (AvgIpc) is 3.19. The summed E-state index contributed by atoms with van der Waals surface area (Å²) in [5.41, 5.74) is 2.78. The molecule has 0 unspecified atom stereocenters. The molecule has 0 saturated carbocycles. The number of rotatable bonds is 6. The Morgan fingerprint density at radius 3 is 2.71 bits per heavy atom. The molecule has 1 aliphatic rings. The molecule has 1 aromatic carbocycles. The number of nitrogens with zero attached hydrogens (tertiary/aromatic N) is 3. The van der Waals surface area contributed by atoms with Gasteiger partial charge in [-0.05, 0) is 54.7 Å². The SMILES string of the molecule is Cc1ccc(Cc2cnc(NC(=O)NC3CCN(Cc4ccncc4)CC3)s2)cc1F. The van der Waals surface area contributed by atoms with Gasteiger partial charge in [0.15, 0.2) is 5.13 Å². The highest BCUT2D eigenvalue weighted by molar-refractivity contribution is 7.15. The second-order valence-corrected chi connectivity index (χ2v) is 9.01. The third kappa shape index (κ3) is 6.08. The first kappa shape index (κ1) is 21.4. The maximum atomic E-state index is 13.7. The third-order valence-electron chi connectivity index (χ3n) is 5.47. The Morgan fingerprint density at radius 2 is 1.97 bits per heavy atom. The van der Waals surface area contributed by atoms with Crippen LogP contribution in [0.4, 0.5) is 14.3 Å². The first-order valence-corrected chi connectivity index (χ1v) is 11.3.